The van der Waals surface area contributed by atoms with Gasteiger partial charge in [0.15, 0.2) is 0 Å². The van der Waals surface area contributed by atoms with Crippen molar-refractivity contribution in [3.05, 3.63) is 22.4 Å². The van der Waals surface area contributed by atoms with E-state index in [2.05, 4.69) is 27.0 Å². The number of rotatable bonds is 4. The minimum Gasteiger partial charge on any atom is -0.384 e. The molecular formula is C16H24N2O2S. The number of likely N-dealkylation sites (tertiary alicyclic amines) is 1. The largest absolute Gasteiger partial charge is 0.384 e. The van der Waals surface area contributed by atoms with Gasteiger partial charge in [-0.2, -0.15) is 11.3 Å². The molecule has 2 aliphatic heterocycles. The first kappa shape index (κ1) is 15.0. The summed E-state index contributed by atoms with van der Waals surface area (Å²) in [5.74, 6) is 0.305. The van der Waals surface area contributed by atoms with Crippen LogP contribution in [0.1, 0.15) is 37.3 Å². The molecule has 2 fully saturated rings. The third kappa shape index (κ3) is 2.87. The van der Waals surface area contributed by atoms with Gasteiger partial charge in [-0.3, -0.25) is 4.79 Å². The fourth-order valence-corrected chi connectivity index (χ4v) is 4.43. The highest BCUT2D eigenvalue weighted by molar-refractivity contribution is 7.07. The molecule has 0 aliphatic carbocycles. The second kappa shape index (κ2) is 6.46. The number of nitrogens with zero attached hydrogens (tertiary/aromatic N) is 1. The molecule has 0 radical (unpaired) electrons. The average Bonchev–Trinajstić information content (AvgIpc) is 3.18. The fourth-order valence-electron chi connectivity index (χ4n) is 3.73. The van der Waals surface area contributed by atoms with Gasteiger partial charge >= 0.3 is 0 Å². The molecular weight excluding hydrogens is 284 g/mol. The minimum atomic E-state index is -0.321. The first-order valence-corrected chi connectivity index (χ1v) is 8.74. The second-order valence-electron chi connectivity index (χ2n) is 6.18. The maximum absolute atomic E-state index is 13.2. The Morgan fingerprint density at radius 3 is 3.00 bits per heavy atom. The number of carbonyl (C=O) groups excluding carboxylic acids is 1. The Hall–Kier alpha value is -0.910. The normalized spacial score (nSPS) is 25.2. The van der Waals surface area contributed by atoms with Crippen LogP contribution in [0.3, 0.4) is 0 Å². The van der Waals surface area contributed by atoms with Crippen molar-refractivity contribution >= 4 is 17.2 Å². The molecule has 3 rings (SSSR count). The fraction of sp³-hybridized carbons (Fsp3) is 0.688. The van der Waals surface area contributed by atoms with Crippen LogP contribution in [-0.4, -0.2) is 44.2 Å². The number of nitrogens with one attached hydrogen (secondary N) is 1. The van der Waals surface area contributed by atoms with Crippen LogP contribution in [0.5, 0.6) is 0 Å². The smallest absolute Gasteiger partial charge is 0.231 e. The zero-order valence-electron chi connectivity index (χ0n) is 12.6. The molecule has 2 saturated heterocycles. The van der Waals surface area contributed by atoms with Crippen molar-refractivity contribution in [2.24, 2.45) is 5.41 Å². The van der Waals surface area contributed by atoms with Gasteiger partial charge in [0.05, 0.1) is 18.1 Å². The van der Waals surface area contributed by atoms with E-state index in [1.54, 1.807) is 18.4 Å². The summed E-state index contributed by atoms with van der Waals surface area (Å²) < 4.78 is 5.42. The summed E-state index contributed by atoms with van der Waals surface area (Å²) in [4.78, 5) is 15.4. The molecule has 3 heterocycles. The van der Waals surface area contributed by atoms with Crippen LogP contribution in [-0.2, 0) is 9.53 Å². The first-order valence-electron chi connectivity index (χ1n) is 7.80. The quantitative estimate of drug-likeness (QED) is 0.929. The highest BCUT2D eigenvalue weighted by Crippen LogP contribution is 2.39. The van der Waals surface area contributed by atoms with Crippen LogP contribution in [0.25, 0.3) is 0 Å². The van der Waals surface area contributed by atoms with E-state index < -0.39 is 0 Å². The van der Waals surface area contributed by atoms with Gasteiger partial charge in [-0.05, 0) is 61.2 Å². The predicted molar refractivity (Wildman–Crippen MR) is 84.4 cm³/mol. The van der Waals surface area contributed by atoms with E-state index >= 15 is 0 Å². The molecule has 1 unspecified atom stereocenters. The molecule has 4 nitrogen and oxygen atoms in total. The van der Waals surface area contributed by atoms with Gasteiger partial charge < -0.3 is 15.0 Å². The van der Waals surface area contributed by atoms with Crippen molar-refractivity contribution in [3.63, 3.8) is 0 Å². The number of hydrogen-bond acceptors (Lipinski definition) is 4. The lowest BCUT2D eigenvalue weighted by atomic mass is 9.78. The van der Waals surface area contributed by atoms with Gasteiger partial charge in [0.25, 0.3) is 0 Å². The van der Waals surface area contributed by atoms with Crippen molar-refractivity contribution in [1.29, 1.82) is 0 Å². The Morgan fingerprint density at radius 2 is 2.33 bits per heavy atom. The molecule has 0 bridgehead atoms. The maximum atomic E-state index is 13.2. The Morgan fingerprint density at radius 1 is 1.52 bits per heavy atom. The van der Waals surface area contributed by atoms with E-state index in [0.29, 0.717) is 12.5 Å². The Labute approximate surface area is 130 Å². The molecule has 0 spiro atoms. The number of ether oxygens (including phenoxy) is 1. The first-order chi connectivity index (χ1) is 10.3. The lowest BCUT2D eigenvalue weighted by molar-refractivity contribution is -0.148. The number of thiophene rings is 1. The van der Waals surface area contributed by atoms with Crippen molar-refractivity contribution in [2.75, 3.05) is 33.4 Å². The number of carbonyl (C=O) groups is 1. The molecule has 1 amide bonds. The van der Waals surface area contributed by atoms with Crippen LogP contribution in [0.15, 0.2) is 16.8 Å². The summed E-state index contributed by atoms with van der Waals surface area (Å²) in [6.07, 6.45) is 3.95. The summed E-state index contributed by atoms with van der Waals surface area (Å²) in [7, 11) is 1.71. The highest BCUT2D eigenvalue weighted by Gasteiger charge is 2.45. The zero-order chi connectivity index (χ0) is 14.7. The maximum Gasteiger partial charge on any atom is 0.231 e. The third-order valence-electron chi connectivity index (χ3n) is 4.88. The summed E-state index contributed by atoms with van der Waals surface area (Å²) in [5.41, 5.74) is 0.978. The topological polar surface area (TPSA) is 41.6 Å². The summed E-state index contributed by atoms with van der Waals surface area (Å²) in [5, 5.41) is 7.64. The van der Waals surface area contributed by atoms with Crippen LogP contribution in [0.2, 0.25) is 0 Å². The van der Waals surface area contributed by atoms with Gasteiger partial charge in [-0.15, -0.1) is 0 Å². The number of hydrogen-bond donors (Lipinski definition) is 1. The Kier molecular flexibility index (Phi) is 4.62. The van der Waals surface area contributed by atoms with Crippen LogP contribution < -0.4 is 5.32 Å². The van der Waals surface area contributed by atoms with E-state index in [-0.39, 0.29) is 11.5 Å². The Bertz CT molecular complexity index is 463. The van der Waals surface area contributed by atoms with Crippen LogP contribution >= 0.6 is 11.3 Å². The molecule has 1 N–H and O–H groups in total. The van der Waals surface area contributed by atoms with E-state index in [9.17, 15) is 4.79 Å². The van der Waals surface area contributed by atoms with Gasteiger partial charge in [0.1, 0.15) is 0 Å². The van der Waals surface area contributed by atoms with E-state index in [1.165, 1.54) is 5.56 Å². The van der Waals surface area contributed by atoms with E-state index in [0.717, 1.165) is 45.3 Å². The molecule has 0 aromatic carbocycles. The number of piperidine rings is 1. The monoisotopic (exact) mass is 308 g/mol. The van der Waals surface area contributed by atoms with Gasteiger partial charge in [0, 0.05) is 13.7 Å². The predicted octanol–water partition coefficient (Wildman–Crippen LogP) is 2.43. The molecule has 1 aromatic rings. The standard InChI is InChI=1S/C16H24N2O2S/c1-20-12-16(5-7-17-8-6-16)15(19)18-9-2-3-14(18)13-4-10-21-11-13/h4,10-11,14,17H,2-3,5-9,12H2,1H3. The van der Waals surface area contributed by atoms with Crippen molar-refractivity contribution < 1.29 is 9.53 Å². The van der Waals surface area contributed by atoms with E-state index in [1.807, 2.05) is 0 Å². The third-order valence-corrected chi connectivity index (χ3v) is 5.58. The minimum absolute atomic E-state index is 0.271. The molecule has 1 atom stereocenters. The summed E-state index contributed by atoms with van der Waals surface area (Å²) in [6.45, 7) is 3.25. The number of methoxy groups -OCH3 is 1. The van der Waals surface area contributed by atoms with E-state index in [4.69, 9.17) is 4.74 Å². The van der Waals surface area contributed by atoms with Crippen molar-refractivity contribution in [2.45, 2.75) is 31.7 Å². The molecule has 116 valence electrons. The molecule has 1 aromatic heterocycles. The zero-order valence-corrected chi connectivity index (χ0v) is 13.5. The highest BCUT2D eigenvalue weighted by atomic mass is 32.1. The van der Waals surface area contributed by atoms with Crippen LogP contribution in [0, 0.1) is 5.41 Å². The molecule has 0 saturated carbocycles. The van der Waals surface area contributed by atoms with Gasteiger partial charge in [0.2, 0.25) is 5.91 Å². The SMILES string of the molecule is COCC1(C(=O)N2CCCC2c2ccsc2)CCNCC1. The molecule has 21 heavy (non-hydrogen) atoms. The second-order valence-corrected chi connectivity index (χ2v) is 6.96. The summed E-state index contributed by atoms with van der Waals surface area (Å²) >= 11 is 1.71. The van der Waals surface area contributed by atoms with Gasteiger partial charge in [-0.1, -0.05) is 0 Å². The van der Waals surface area contributed by atoms with Gasteiger partial charge in [-0.25, -0.2) is 0 Å². The Balaban J connectivity index is 1.81. The molecule has 5 heteroatoms. The molecule has 2 aliphatic rings. The van der Waals surface area contributed by atoms with Crippen molar-refractivity contribution in [1.82, 2.24) is 10.2 Å². The number of amides is 1. The summed E-state index contributed by atoms with van der Waals surface area (Å²) in [6, 6.07) is 2.43. The van der Waals surface area contributed by atoms with Crippen LogP contribution in [0.4, 0.5) is 0 Å². The lowest BCUT2D eigenvalue weighted by Crippen LogP contribution is -2.51. The lowest BCUT2D eigenvalue weighted by Gasteiger charge is -2.40. The average molecular weight is 308 g/mol. The van der Waals surface area contributed by atoms with Crippen molar-refractivity contribution in [3.8, 4) is 0 Å².